The molecule has 1 aliphatic rings. The number of aliphatic hydroxyl groups is 1. The average molecular weight is 315 g/mol. The van der Waals surface area contributed by atoms with E-state index in [1.54, 1.807) is 7.11 Å². The Morgan fingerprint density at radius 3 is 2.70 bits per heavy atom. The minimum atomic E-state index is -0.895. The molecule has 3 rings (SSSR count). The molecule has 1 saturated heterocycles. The minimum Gasteiger partial charge on any atom is -0.497 e. The molecule has 1 aromatic carbocycles. The summed E-state index contributed by atoms with van der Waals surface area (Å²) in [5.41, 5.74) is 0.0311. The summed E-state index contributed by atoms with van der Waals surface area (Å²) in [5, 5.41) is 11.2. The molecule has 2 atom stereocenters. The second kappa shape index (κ2) is 6.34. The predicted molar refractivity (Wildman–Crippen MR) is 89.2 cm³/mol. The van der Waals surface area contributed by atoms with Crippen molar-refractivity contribution in [2.45, 2.75) is 38.0 Å². The molecular weight excluding hydrogens is 290 g/mol. The van der Waals surface area contributed by atoms with Crippen molar-refractivity contribution in [1.29, 1.82) is 0 Å². The minimum absolute atomic E-state index is 0.0904. The Morgan fingerprint density at radius 2 is 2.09 bits per heavy atom. The summed E-state index contributed by atoms with van der Waals surface area (Å²) < 4.78 is 7.25. The molecule has 0 amide bonds. The van der Waals surface area contributed by atoms with Crippen LogP contribution in [-0.4, -0.2) is 39.3 Å². The zero-order chi connectivity index (χ0) is 16.4. The van der Waals surface area contributed by atoms with Crippen molar-refractivity contribution in [1.82, 2.24) is 14.5 Å². The molecule has 1 aliphatic heterocycles. The molecule has 124 valence electrons. The Balaban J connectivity index is 1.80. The second-order valence-electron chi connectivity index (χ2n) is 6.46. The van der Waals surface area contributed by atoms with Crippen LogP contribution in [0.4, 0.5) is 0 Å². The van der Waals surface area contributed by atoms with Gasteiger partial charge in [-0.05, 0) is 44.0 Å². The highest BCUT2D eigenvalue weighted by molar-refractivity contribution is 5.31. The van der Waals surface area contributed by atoms with E-state index in [0.29, 0.717) is 0 Å². The quantitative estimate of drug-likeness (QED) is 0.920. The zero-order valence-corrected chi connectivity index (χ0v) is 14.1. The Labute approximate surface area is 137 Å². The van der Waals surface area contributed by atoms with Crippen LogP contribution in [0.25, 0.3) is 0 Å². The lowest BCUT2D eigenvalue weighted by Crippen LogP contribution is -2.45. The van der Waals surface area contributed by atoms with E-state index in [1.165, 1.54) is 0 Å². The van der Waals surface area contributed by atoms with Gasteiger partial charge in [-0.15, -0.1) is 0 Å². The van der Waals surface area contributed by atoms with E-state index < -0.39 is 5.60 Å². The van der Waals surface area contributed by atoms with Crippen LogP contribution in [-0.2, 0) is 19.2 Å². The van der Waals surface area contributed by atoms with Crippen LogP contribution in [0.1, 0.15) is 31.2 Å². The molecule has 0 unspecified atom stereocenters. The van der Waals surface area contributed by atoms with Crippen LogP contribution in [0.15, 0.2) is 36.7 Å². The Bertz CT molecular complexity index is 649. The first-order valence-corrected chi connectivity index (χ1v) is 8.09. The van der Waals surface area contributed by atoms with Gasteiger partial charge in [0, 0.05) is 25.5 Å². The second-order valence-corrected chi connectivity index (χ2v) is 6.46. The number of hydrogen-bond acceptors (Lipinski definition) is 4. The fourth-order valence-corrected chi connectivity index (χ4v) is 3.50. The van der Waals surface area contributed by atoms with Crippen LogP contribution < -0.4 is 4.74 Å². The molecular formula is C18H25N3O2. The van der Waals surface area contributed by atoms with Crippen molar-refractivity contribution in [2.75, 3.05) is 13.7 Å². The number of aryl methyl sites for hydroxylation is 1. The fourth-order valence-electron chi connectivity index (χ4n) is 3.50. The third kappa shape index (κ3) is 3.12. The normalized spacial score (nSPS) is 21.3. The van der Waals surface area contributed by atoms with Gasteiger partial charge >= 0.3 is 0 Å². The number of benzene rings is 1. The van der Waals surface area contributed by atoms with Crippen molar-refractivity contribution in [3.63, 3.8) is 0 Å². The van der Waals surface area contributed by atoms with Gasteiger partial charge in [-0.3, -0.25) is 4.90 Å². The molecule has 23 heavy (non-hydrogen) atoms. The lowest BCUT2D eigenvalue weighted by Gasteiger charge is -2.37. The number of imidazole rings is 1. The number of aromatic nitrogens is 2. The summed E-state index contributed by atoms with van der Waals surface area (Å²) in [6.45, 7) is 3.67. The van der Waals surface area contributed by atoms with Crippen molar-refractivity contribution in [3.05, 3.63) is 48.0 Å². The van der Waals surface area contributed by atoms with Gasteiger partial charge in [0.2, 0.25) is 0 Å². The van der Waals surface area contributed by atoms with Crippen molar-refractivity contribution in [3.8, 4) is 5.75 Å². The number of ether oxygens (including phenoxy) is 1. The molecule has 5 heteroatoms. The molecule has 2 aromatic rings. The van der Waals surface area contributed by atoms with Gasteiger partial charge in [0.05, 0.1) is 13.7 Å². The Kier molecular flexibility index (Phi) is 4.41. The number of hydrogen-bond donors (Lipinski definition) is 1. The van der Waals surface area contributed by atoms with E-state index in [-0.39, 0.29) is 6.04 Å². The van der Waals surface area contributed by atoms with Crippen LogP contribution >= 0.6 is 0 Å². The summed E-state index contributed by atoms with van der Waals surface area (Å²) in [6, 6.07) is 7.81. The van der Waals surface area contributed by atoms with Crippen molar-refractivity contribution < 1.29 is 9.84 Å². The van der Waals surface area contributed by atoms with E-state index in [2.05, 4.69) is 9.88 Å². The Hall–Kier alpha value is -1.85. The van der Waals surface area contributed by atoms with Gasteiger partial charge in [-0.2, -0.15) is 0 Å². The number of methoxy groups -OCH3 is 1. The molecule has 0 radical (unpaired) electrons. The number of likely N-dealkylation sites (tertiary alicyclic amines) is 1. The lowest BCUT2D eigenvalue weighted by molar-refractivity contribution is -0.0263. The third-order valence-corrected chi connectivity index (χ3v) is 4.95. The molecule has 0 spiro atoms. The van der Waals surface area contributed by atoms with E-state index in [9.17, 15) is 5.11 Å². The van der Waals surface area contributed by atoms with Crippen LogP contribution in [0.5, 0.6) is 5.75 Å². The van der Waals surface area contributed by atoms with E-state index >= 15 is 0 Å². The molecule has 0 aliphatic carbocycles. The average Bonchev–Trinajstić information content (AvgIpc) is 3.18. The molecule has 5 nitrogen and oxygen atoms in total. The van der Waals surface area contributed by atoms with Crippen LogP contribution in [0.3, 0.4) is 0 Å². The van der Waals surface area contributed by atoms with Gasteiger partial charge < -0.3 is 14.4 Å². The van der Waals surface area contributed by atoms with Gasteiger partial charge in [-0.25, -0.2) is 4.98 Å². The highest BCUT2D eigenvalue weighted by Crippen LogP contribution is 2.35. The predicted octanol–water partition coefficient (Wildman–Crippen LogP) is 2.30. The molecule has 1 N–H and O–H groups in total. The van der Waals surface area contributed by atoms with E-state index in [1.807, 2.05) is 55.2 Å². The van der Waals surface area contributed by atoms with Crippen LogP contribution in [0, 0.1) is 0 Å². The van der Waals surface area contributed by atoms with Crippen LogP contribution in [0.2, 0.25) is 0 Å². The first kappa shape index (κ1) is 16.0. The zero-order valence-electron chi connectivity index (χ0n) is 14.1. The highest BCUT2D eigenvalue weighted by atomic mass is 16.5. The summed E-state index contributed by atoms with van der Waals surface area (Å²) in [6.07, 6.45) is 5.87. The third-order valence-electron chi connectivity index (χ3n) is 4.95. The SMILES string of the molecule is COc1ccc([C@](C)(O)[C@H]2CCCN2Cc2nccn2C)cc1. The fraction of sp³-hybridized carbons (Fsp3) is 0.500. The summed E-state index contributed by atoms with van der Waals surface area (Å²) in [5.74, 6) is 1.84. The number of nitrogens with zero attached hydrogens (tertiary/aromatic N) is 3. The maximum atomic E-state index is 11.2. The standard InChI is InChI=1S/C18H25N3O2/c1-18(22,14-6-8-15(23-3)9-7-14)16-5-4-11-21(16)13-17-19-10-12-20(17)2/h6-10,12,16,22H,4-5,11,13H2,1-3H3/t16-,18+/m1/s1. The monoisotopic (exact) mass is 315 g/mol. The first-order chi connectivity index (χ1) is 11.0. The maximum Gasteiger partial charge on any atom is 0.122 e. The maximum absolute atomic E-state index is 11.2. The van der Waals surface area contributed by atoms with Gasteiger partial charge in [-0.1, -0.05) is 12.1 Å². The Morgan fingerprint density at radius 1 is 1.35 bits per heavy atom. The molecule has 0 saturated carbocycles. The van der Waals surface area contributed by atoms with Gasteiger partial charge in [0.15, 0.2) is 0 Å². The largest absolute Gasteiger partial charge is 0.497 e. The number of rotatable bonds is 5. The van der Waals surface area contributed by atoms with E-state index in [4.69, 9.17) is 4.74 Å². The summed E-state index contributed by atoms with van der Waals surface area (Å²) in [4.78, 5) is 6.75. The smallest absolute Gasteiger partial charge is 0.122 e. The van der Waals surface area contributed by atoms with Gasteiger partial charge in [0.1, 0.15) is 17.2 Å². The summed E-state index contributed by atoms with van der Waals surface area (Å²) in [7, 11) is 3.66. The lowest BCUT2D eigenvalue weighted by atomic mass is 9.86. The van der Waals surface area contributed by atoms with Crippen molar-refractivity contribution >= 4 is 0 Å². The summed E-state index contributed by atoms with van der Waals surface area (Å²) >= 11 is 0. The molecule has 0 bridgehead atoms. The molecule has 1 fully saturated rings. The highest BCUT2D eigenvalue weighted by Gasteiger charge is 2.40. The molecule has 1 aromatic heterocycles. The first-order valence-electron chi connectivity index (χ1n) is 8.09. The molecule has 2 heterocycles. The van der Waals surface area contributed by atoms with Crippen molar-refractivity contribution in [2.24, 2.45) is 7.05 Å². The topological polar surface area (TPSA) is 50.5 Å². The van der Waals surface area contributed by atoms with E-state index in [0.717, 1.165) is 43.1 Å². The van der Waals surface area contributed by atoms with Gasteiger partial charge in [0.25, 0.3) is 0 Å².